The molecule has 0 atom stereocenters. The third kappa shape index (κ3) is 2.06. The zero-order valence-corrected chi connectivity index (χ0v) is 12.4. The number of nitrogens with zero attached hydrogens (tertiary/aromatic N) is 1. The Balaban J connectivity index is 2.43. The minimum Gasteiger partial charge on any atom is -0.505 e. The number of hydrogen-bond acceptors (Lipinski definition) is 4. The lowest BCUT2D eigenvalue weighted by Gasteiger charge is -2.16. The number of aromatic hydroxyl groups is 1. The highest BCUT2D eigenvalue weighted by atomic mass is 19.1. The first-order valence-corrected chi connectivity index (χ1v) is 7.20. The quantitative estimate of drug-likeness (QED) is 0.885. The Morgan fingerprint density at radius 3 is 2.73 bits per heavy atom. The highest BCUT2D eigenvalue weighted by molar-refractivity contribution is 6.00. The van der Waals surface area contributed by atoms with Gasteiger partial charge < -0.3 is 9.84 Å². The van der Waals surface area contributed by atoms with Gasteiger partial charge in [-0.2, -0.15) is 0 Å². The van der Waals surface area contributed by atoms with E-state index in [-0.39, 0.29) is 34.7 Å². The van der Waals surface area contributed by atoms with Crippen molar-refractivity contribution >= 4 is 16.7 Å². The van der Waals surface area contributed by atoms with E-state index >= 15 is 0 Å². The topological polar surface area (TPSA) is 68.5 Å². The van der Waals surface area contributed by atoms with Gasteiger partial charge in [0.1, 0.15) is 5.82 Å². The fourth-order valence-electron chi connectivity index (χ4n) is 2.71. The molecule has 1 aliphatic carbocycles. The molecule has 2 aromatic rings. The molecule has 1 aromatic heterocycles. The first-order chi connectivity index (χ1) is 10.5. The monoisotopic (exact) mass is 305 g/mol. The van der Waals surface area contributed by atoms with Crippen molar-refractivity contribution in [3.63, 3.8) is 0 Å². The van der Waals surface area contributed by atoms with Crippen LogP contribution in [0.2, 0.25) is 0 Å². The molecule has 1 aromatic carbocycles. The average molecular weight is 305 g/mol. The molecule has 0 bridgehead atoms. The number of ether oxygens (including phenoxy) is 1. The lowest BCUT2D eigenvalue weighted by Crippen LogP contribution is -2.27. The van der Waals surface area contributed by atoms with Crippen LogP contribution in [0.15, 0.2) is 16.9 Å². The Bertz CT molecular complexity index is 836. The number of benzene rings is 1. The lowest BCUT2D eigenvalue weighted by atomic mass is 10.0. The molecule has 0 radical (unpaired) electrons. The summed E-state index contributed by atoms with van der Waals surface area (Å²) in [6.45, 7) is 3.23. The van der Waals surface area contributed by atoms with E-state index < -0.39 is 23.1 Å². The van der Waals surface area contributed by atoms with Crippen molar-refractivity contribution in [1.82, 2.24) is 4.57 Å². The molecule has 0 saturated heterocycles. The van der Waals surface area contributed by atoms with Crippen LogP contribution in [0.3, 0.4) is 0 Å². The van der Waals surface area contributed by atoms with Crippen LogP contribution in [-0.2, 0) is 4.74 Å². The normalized spacial score (nSPS) is 14.3. The van der Waals surface area contributed by atoms with E-state index in [2.05, 4.69) is 0 Å². The van der Waals surface area contributed by atoms with Crippen molar-refractivity contribution in [3.8, 4) is 5.75 Å². The van der Waals surface area contributed by atoms with Crippen LogP contribution in [-0.4, -0.2) is 22.2 Å². The number of pyridine rings is 1. The Labute approximate surface area is 125 Å². The Morgan fingerprint density at radius 1 is 1.45 bits per heavy atom. The molecule has 22 heavy (non-hydrogen) atoms. The van der Waals surface area contributed by atoms with Crippen LogP contribution in [0.1, 0.15) is 41.9 Å². The van der Waals surface area contributed by atoms with Gasteiger partial charge in [0, 0.05) is 11.4 Å². The first kappa shape index (κ1) is 14.6. The van der Waals surface area contributed by atoms with Crippen LogP contribution >= 0.6 is 0 Å². The molecule has 1 fully saturated rings. The summed E-state index contributed by atoms with van der Waals surface area (Å²) < 4.78 is 20.0. The fourth-order valence-corrected chi connectivity index (χ4v) is 2.71. The average Bonchev–Trinajstić information content (AvgIpc) is 3.30. The second-order valence-electron chi connectivity index (χ2n) is 5.42. The smallest absolute Gasteiger partial charge is 0.358 e. The van der Waals surface area contributed by atoms with Crippen LogP contribution in [0.4, 0.5) is 4.39 Å². The molecule has 6 heteroatoms. The summed E-state index contributed by atoms with van der Waals surface area (Å²) in [4.78, 5) is 24.9. The standard InChI is InChI=1S/C16H16FNO4/c1-3-22-16(21)13-14(19)12-8(2)11(17)7-6-10(12)15(20)18(13)9-4-5-9/h6-7,9,19H,3-5H2,1-2H3. The minimum absolute atomic E-state index is 0.0740. The maximum Gasteiger partial charge on any atom is 0.358 e. The zero-order chi connectivity index (χ0) is 16.0. The van der Waals surface area contributed by atoms with Gasteiger partial charge in [-0.1, -0.05) is 0 Å². The molecule has 1 heterocycles. The van der Waals surface area contributed by atoms with E-state index in [1.807, 2.05) is 0 Å². The Kier molecular flexibility index (Phi) is 3.39. The highest BCUT2D eigenvalue weighted by Gasteiger charge is 2.33. The molecule has 0 aliphatic heterocycles. The number of aromatic nitrogens is 1. The summed E-state index contributed by atoms with van der Waals surface area (Å²) in [7, 11) is 0. The van der Waals surface area contributed by atoms with Crippen molar-refractivity contribution in [1.29, 1.82) is 0 Å². The summed E-state index contributed by atoms with van der Waals surface area (Å²) in [6.07, 6.45) is 1.52. The molecular weight excluding hydrogens is 289 g/mol. The van der Waals surface area contributed by atoms with E-state index in [1.165, 1.54) is 23.6 Å². The molecule has 116 valence electrons. The number of carbonyl (C=O) groups excluding carboxylic acids is 1. The molecule has 1 aliphatic rings. The van der Waals surface area contributed by atoms with Gasteiger partial charge in [0.15, 0.2) is 11.4 Å². The molecule has 1 saturated carbocycles. The maximum atomic E-state index is 13.8. The number of hydrogen-bond donors (Lipinski definition) is 1. The van der Waals surface area contributed by atoms with E-state index in [4.69, 9.17) is 4.74 Å². The van der Waals surface area contributed by atoms with Crippen LogP contribution < -0.4 is 5.56 Å². The molecule has 3 rings (SSSR count). The van der Waals surface area contributed by atoms with Crippen LogP contribution in [0.5, 0.6) is 5.75 Å². The van der Waals surface area contributed by atoms with Gasteiger partial charge in [-0.25, -0.2) is 9.18 Å². The molecule has 0 unspecified atom stereocenters. The fraction of sp³-hybridized carbons (Fsp3) is 0.375. The van der Waals surface area contributed by atoms with Crippen molar-refractivity contribution in [2.24, 2.45) is 0 Å². The van der Waals surface area contributed by atoms with Gasteiger partial charge in [-0.3, -0.25) is 9.36 Å². The second-order valence-corrected chi connectivity index (χ2v) is 5.42. The van der Waals surface area contributed by atoms with Gasteiger partial charge in [-0.15, -0.1) is 0 Å². The predicted molar refractivity (Wildman–Crippen MR) is 78.8 cm³/mol. The Morgan fingerprint density at radius 2 is 2.14 bits per heavy atom. The summed E-state index contributed by atoms with van der Waals surface area (Å²) in [5.74, 6) is -1.70. The summed E-state index contributed by atoms with van der Waals surface area (Å²) in [6, 6.07) is 2.42. The van der Waals surface area contributed by atoms with Gasteiger partial charge >= 0.3 is 5.97 Å². The van der Waals surface area contributed by atoms with Crippen molar-refractivity contribution in [3.05, 3.63) is 39.6 Å². The van der Waals surface area contributed by atoms with Gasteiger partial charge in [0.25, 0.3) is 5.56 Å². The molecule has 0 amide bonds. The third-order valence-corrected chi connectivity index (χ3v) is 3.93. The van der Waals surface area contributed by atoms with Gasteiger partial charge in [-0.05, 0) is 44.4 Å². The van der Waals surface area contributed by atoms with Crippen molar-refractivity contribution in [2.45, 2.75) is 32.7 Å². The van der Waals surface area contributed by atoms with Crippen molar-refractivity contribution < 1.29 is 19.0 Å². The summed E-state index contributed by atoms with van der Waals surface area (Å²) >= 11 is 0. The number of esters is 1. The molecular formula is C16H16FNO4. The predicted octanol–water partition coefficient (Wildman–Crippen LogP) is 2.67. The van der Waals surface area contributed by atoms with E-state index in [0.717, 1.165) is 12.8 Å². The number of aryl methyl sites for hydroxylation is 1. The number of carbonyl (C=O) groups is 1. The SMILES string of the molecule is CCOC(=O)c1c(O)c2c(C)c(F)ccc2c(=O)n1C1CC1. The summed E-state index contributed by atoms with van der Waals surface area (Å²) in [5, 5.41) is 10.8. The van der Waals surface area contributed by atoms with Crippen LogP contribution in [0.25, 0.3) is 10.8 Å². The van der Waals surface area contributed by atoms with E-state index in [1.54, 1.807) is 6.92 Å². The first-order valence-electron chi connectivity index (χ1n) is 7.20. The van der Waals surface area contributed by atoms with Gasteiger partial charge in [0.2, 0.25) is 0 Å². The second kappa shape index (κ2) is 5.12. The zero-order valence-electron chi connectivity index (χ0n) is 12.4. The summed E-state index contributed by atoms with van der Waals surface area (Å²) in [5.41, 5.74) is -0.447. The number of halogens is 1. The number of fused-ring (bicyclic) bond motifs is 1. The van der Waals surface area contributed by atoms with Crippen molar-refractivity contribution in [2.75, 3.05) is 6.61 Å². The molecule has 5 nitrogen and oxygen atoms in total. The number of rotatable bonds is 3. The Hall–Kier alpha value is -2.37. The molecule has 1 N–H and O–H groups in total. The van der Waals surface area contributed by atoms with E-state index in [0.29, 0.717) is 0 Å². The van der Waals surface area contributed by atoms with Gasteiger partial charge in [0.05, 0.1) is 12.0 Å². The minimum atomic E-state index is -0.769. The highest BCUT2D eigenvalue weighted by Crippen LogP contribution is 2.39. The largest absolute Gasteiger partial charge is 0.505 e. The molecule has 0 spiro atoms. The van der Waals surface area contributed by atoms with Crippen LogP contribution in [0, 0.1) is 12.7 Å². The lowest BCUT2D eigenvalue weighted by molar-refractivity contribution is 0.0508. The third-order valence-electron chi connectivity index (χ3n) is 3.93. The van der Waals surface area contributed by atoms with E-state index in [9.17, 15) is 19.1 Å². The maximum absolute atomic E-state index is 13.8.